The van der Waals surface area contributed by atoms with Crippen molar-refractivity contribution in [3.8, 4) is 0 Å². The van der Waals surface area contributed by atoms with Crippen molar-refractivity contribution in [3.63, 3.8) is 0 Å². The lowest BCUT2D eigenvalue weighted by molar-refractivity contribution is -0.128. The molecule has 2 amide bonds. The monoisotopic (exact) mass is 325 g/mol. The minimum absolute atomic E-state index is 0.00602. The first-order valence-electron chi connectivity index (χ1n) is 6.24. The second kappa shape index (κ2) is 6.14. The van der Waals surface area contributed by atoms with Crippen LogP contribution in [0.2, 0.25) is 0 Å². The van der Waals surface area contributed by atoms with E-state index in [1.807, 2.05) is 0 Å². The van der Waals surface area contributed by atoms with Crippen LogP contribution in [0.5, 0.6) is 0 Å². The highest BCUT2D eigenvalue weighted by Gasteiger charge is 2.21. The van der Waals surface area contributed by atoms with Gasteiger partial charge in [-0.25, -0.2) is 4.98 Å². The smallest absolute Gasteiger partial charge is 0.254 e. The molecule has 5 nitrogen and oxygen atoms in total. The Kier molecular flexibility index (Phi) is 4.52. The van der Waals surface area contributed by atoms with Gasteiger partial charge >= 0.3 is 0 Å². The third-order valence-electron chi connectivity index (χ3n) is 3.20. The number of nitrogens with zero attached hydrogens (tertiary/aromatic N) is 3. The van der Waals surface area contributed by atoms with Gasteiger partial charge in [0.2, 0.25) is 5.91 Å². The van der Waals surface area contributed by atoms with E-state index in [1.54, 1.807) is 35.1 Å². The largest absolute Gasteiger partial charge is 0.341 e. The van der Waals surface area contributed by atoms with Crippen LogP contribution in [-0.4, -0.2) is 52.8 Å². The summed E-state index contributed by atoms with van der Waals surface area (Å²) in [6.07, 6.45) is 2.43. The predicted molar refractivity (Wildman–Crippen MR) is 74.7 cm³/mol. The van der Waals surface area contributed by atoms with Gasteiger partial charge in [-0.3, -0.25) is 9.59 Å². The Morgan fingerprint density at radius 3 is 2.58 bits per heavy atom. The molecule has 0 atom stereocenters. The van der Waals surface area contributed by atoms with Gasteiger partial charge in [-0.2, -0.15) is 0 Å². The molecule has 1 aliphatic heterocycles. The van der Waals surface area contributed by atoms with Crippen molar-refractivity contribution in [2.24, 2.45) is 0 Å². The van der Waals surface area contributed by atoms with Crippen LogP contribution < -0.4 is 0 Å². The van der Waals surface area contributed by atoms with Crippen LogP contribution in [0.1, 0.15) is 23.7 Å². The minimum Gasteiger partial charge on any atom is -0.341 e. The molecule has 2 rings (SSSR count). The van der Waals surface area contributed by atoms with Crippen molar-refractivity contribution in [1.82, 2.24) is 14.8 Å². The molecule has 0 unspecified atom stereocenters. The van der Waals surface area contributed by atoms with Crippen molar-refractivity contribution in [2.45, 2.75) is 13.3 Å². The third-order valence-corrected chi connectivity index (χ3v) is 3.64. The number of rotatable bonds is 1. The van der Waals surface area contributed by atoms with Crippen LogP contribution in [0.4, 0.5) is 0 Å². The highest BCUT2D eigenvalue weighted by atomic mass is 79.9. The molecule has 0 aromatic carbocycles. The summed E-state index contributed by atoms with van der Waals surface area (Å²) in [6.45, 7) is 4.16. The van der Waals surface area contributed by atoms with Gasteiger partial charge < -0.3 is 9.80 Å². The molecule has 0 radical (unpaired) electrons. The molecular formula is C13H16BrN3O2. The van der Waals surface area contributed by atoms with Crippen molar-refractivity contribution in [3.05, 3.63) is 28.5 Å². The van der Waals surface area contributed by atoms with Gasteiger partial charge in [0.1, 0.15) is 4.60 Å². The zero-order valence-electron chi connectivity index (χ0n) is 10.8. The Morgan fingerprint density at radius 2 is 1.89 bits per heavy atom. The minimum atomic E-state index is -0.00602. The van der Waals surface area contributed by atoms with Gasteiger partial charge in [0, 0.05) is 44.9 Å². The quantitative estimate of drug-likeness (QED) is 0.736. The van der Waals surface area contributed by atoms with E-state index in [2.05, 4.69) is 20.9 Å². The van der Waals surface area contributed by atoms with Gasteiger partial charge in [-0.1, -0.05) is 0 Å². The molecule has 2 heterocycles. The van der Waals surface area contributed by atoms with E-state index in [9.17, 15) is 9.59 Å². The lowest BCUT2D eigenvalue weighted by atomic mass is 10.2. The van der Waals surface area contributed by atoms with E-state index in [4.69, 9.17) is 0 Å². The highest BCUT2D eigenvalue weighted by Crippen LogP contribution is 2.12. The van der Waals surface area contributed by atoms with Gasteiger partial charge in [0.25, 0.3) is 5.91 Å². The molecule has 1 aliphatic rings. The first kappa shape index (κ1) is 14.0. The van der Waals surface area contributed by atoms with Crippen LogP contribution in [0.25, 0.3) is 0 Å². The van der Waals surface area contributed by atoms with E-state index >= 15 is 0 Å². The molecule has 1 aromatic heterocycles. The number of hydrogen-bond donors (Lipinski definition) is 0. The van der Waals surface area contributed by atoms with E-state index in [-0.39, 0.29) is 11.8 Å². The molecule has 0 saturated carbocycles. The molecule has 1 saturated heterocycles. The molecule has 6 heteroatoms. The molecule has 1 fully saturated rings. The second-order valence-corrected chi connectivity index (χ2v) is 5.33. The number of pyridine rings is 1. The van der Waals surface area contributed by atoms with Crippen LogP contribution in [0.15, 0.2) is 22.9 Å². The summed E-state index contributed by atoms with van der Waals surface area (Å²) < 4.78 is 0.651. The zero-order chi connectivity index (χ0) is 13.8. The van der Waals surface area contributed by atoms with Gasteiger partial charge in [-0.05, 0) is 34.5 Å². The maximum atomic E-state index is 12.4. The van der Waals surface area contributed by atoms with Crippen molar-refractivity contribution in [1.29, 1.82) is 0 Å². The van der Waals surface area contributed by atoms with Crippen molar-refractivity contribution in [2.75, 3.05) is 26.2 Å². The normalized spacial score (nSPS) is 16.1. The van der Waals surface area contributed by atoms with Crippen molar-refractivity contribution < 1.29 is 9.59 Å². The number of amides is 2. The van der Waals surface area contributed by atoms with Crippen LogP contribution >= 0.6 is 15.9 Å². The molecule has 0 spiro atoms. The molecule has 0 N–H and O–H groups in total. The van der Waals surface area contributed by atoms with Crippen LogP contribution in [0, 0.1) is 0 Å². The Hall–Kier alpha value is -1.43. The lowest BCUT2D eigenvalue weighted by Gasteiger charge is -2.21. The average molecular weight is 326 g/mol. The Morgan fingerprint density at radius 1 is 1.21 bits per heavy atom. The summed E-state index contributed by atoms with van der Waals surface area (Å²) in [6, 6.07) is 3.43. The predicted octanol–water partition coefficient (Wildman–Crippen LogP) is 1.54. The summed E-state index contributed by atoms with van der Waals surface area (Å²) in [5.41, 5.74) is 0.623. The number of halogens is 1. The zero-order valence-corrected chi connectivity index (χ0v) is 12.4. The summed E-state index contributed by atoms with van der Waals surface area (Å²) in [7, 11) is 0. The summed E-state index contributed by atoms with van der Waals surface area (Å²) in [4.78, 5) is 31.3. The van der Waals surface area contributed by atoms with E-state index in [0.717, 1.165) is 13.0 Å². The van der Waals surface area contributed by atoms with E-state index < -0.39 is 0 Å². The summed E-state index contributed by atoms with van der Waals surface area (Å²) in [5, 5.41) is 0. The fraction of sp³-hybridized carbons (Fsp3) is 0.462. The maximum absolute atomic E-state index is 12.4. The number of carbonyl (C=O) groups excluding carboxylic acids is 2. The number of hydrogen-bond acceptors (Lipinski definition) is 3. The van der Waals surface area contributed by atoms with Gasteiger partial charge in [0.05, 0.1) is 0 Å². The van der Waals surface area contributed by atoms with Crippen LogP contribution in [-0.2, 0) is 4.79 Å². The van der Waals surface area contributed by atoms with E-state index in [0.29, 0.717) is 29.8 Å². The molecule has 0 aliphatic carbocycles. The fourth-order valence-electron chi connectivity index (χ4n) is 2.15. The first-order valence-corrected chi connectivity index (χ1v) is 7.03. The van der Waals surface area contributed by atoms with Crippen LogP contribution in [0.3, 0.4) is 0 Å². The highest BCUT2D eigenvalue weighted by molar-refractivity contribution is 9.10. The Bertz CT molecular complexity index is 493. The molecule has 1 aromatic rings. The first-order chi connectivity index (χ1) is 9.08. The van der Waals surface area contributed by atoms with Gasteiger partial charge in [0.15, 0.2) is 0 Å². The summed E-state index contributed by atoms with van der Waals surface area (Å²) >= 11 is 3.26. The third kappa shape index (κ3) is 3.53. The molecular weight excluding hydrogens is 310 g/mol. The Balaban J connectivity index is 2.06. The molecule has 0 bridgehead atoms. The fourth-order valence-corrected chi connectivity index (χ4v) is 2.52. The number of carbonyl (C=O) groups is 2. The molecule has 102 valence electrons. The maximum Gasteiger partial charge on any atom is 0.254 e. The standard InChI is InChI=1S/C13H16BrN3O2/c1-10(18)16-5-2-6-17(8-7-16)13(19)11-3-4-15-12(14)9-11/h3-4,9H,2,5-8H2,1H3. The van der Waals surface area contributed by atoms with Gasteiger partial charge in [-0.15, -0.1) is 0 Å². The molecule has 19 heavy (non-hydrogen) atoms. The second-order valence-electron chi connectivity index (χ2n) is 4.52. The number of aromatic nitrogens is 1. The lowest BCUT2D eigenvalue weighted by Crippen LogP contribution is -2.36. The average Bonchev–Trinajstić information content (AvgIpc) is 2.63. The van der Waals surface area contributed by atoms with E-state index in [1.165, 1.54) is 0 Å². The van der Waals surface area contributed by atoms with Crippen molar-refractivity contribution >= 4 is 27.7 Å². The summed E-state index contributed by atoms with van der Waals surface area (Å²) in [5.74, 6) is 0.0643. The topological polar surface area (TPSA) is 53.5 Å². The Labute approximate surface area is 120 Å². The SMILES string of the molecule is CC(=O)N1CCCN(C(=O)c2ccnc(Br)c2)CC1.